The third kappa shape index (κ3) is 3.57. The van der Waals surface area contributed by atoms with E-state index in [1.807, 2.05) is 0 Å². The first-order chi connectivity index (χ1) is 11.4. The molecular weight excluding hydrogens is 335 g/mol. The van der Waals surface area contributed by atoms with Crippen LogP contribution in [-0.2, 0) is 11.2 Å². The van der Waals surface area contributed by atoms with Crippen molar-refractivity contribution >= 4 is 23.4 Å². The third-order valence-electron chi connectivity index (χ3n) is 3.50. The maximum absolute atomic E-state index is 13.9. The van der Waals surface area contributed by atoms with Crippen LogP contribution in [0.4, 0.5) is 4.39 Å². The predicted octanol–water partition coefficient (Wildman–Crippen LogP) is 4.15. The molecule has 2 aromatic rings. The number of phenolic OH excluding ortho intramolecular Hbond substituents is 1. The van der Waals surface area contributed by atoms with Gasteiger partial charge in [0.1, 0.15) is 11.6 Å². The SMILES string of the molecule is CCOC(=O)c1cc(O)c(C(=O)c2ccc(CC)c(F)c2)c(Cl)c1. The lowest BCUT2D eigenvalue weighted by Crippen LogP contribution is -2.08. The smallest absolute Gasteiger partial charge is 0.338 e. The van der Waals surface area contributed by atoms with Gasteiger partial charge in [-0.15, -0.1) is 0 Å². The van der Waals surface area contributed by atoms with Crippen LogP contribution >= 0.6 is 11.6 Å². The number of carbonyl (C=O) groups excluding carboxylic acids is 2. The van der Waals surface area contributed by atoms with Crippen LogP contribution in [0.25, 0.3) is 0 Å². The molecule has 2 aromatic carbocycles. The highest BCUT2D eigenvalue weighted by atomic mass is 35.5. The number of rotatable bonds is 5. The molecule has 0 saturated carbocycles. The molecule has 0 bridgehead atoms. The average molecular weight is 351 g/mol. The number of ketones is 1. The van der Waals surface area contributed by atoms with Crippen molar-refractivity contribution in [2.24, 2.45) is 0 Å². The molecule has 0 aliphatic heterocycles. The van der Waals surface area contributed by atoms with Crippen LogP contribution in [0.1, 0.15) is 45.7 Å². The van der Waals surface area contributed by atoms with E-state index in [4.69, 9.17) is 16.3 Å². The Morgan fingerprint density at radius 3 is 2.42 bits per heavy atom. The fourth-order valence-corrected chi connectivity index (χ4v) is 2.57. The molecule has 0 atom stereocenters. The first kappa shape index (κ1) is 17.9. The highest BCUT2D eigenvalue weighted by Crippen LogP contribution is 2.30. The average Bonchev–Trinajstić information content (AvgIpc) is 2.54. The van der Waals surface area contributed by atoms with Crippen LogP contribution in [0.15, 0.2) is 30.3 Å². The van der Waals surface area contributed by atoms with E-state index in [-0.39, 0.29) is 28.3 Å². The van der Waals surface area contributed by atoms with Gasteiger partial charge in [-0.05, 0) is 37.1 Å². The number of ether oxygens (including phenoxy) is 1. The van der Waals surface area contributed by atoms with Gasteiger partial charge in [-0.25, -0.2) is 9.18 Å². The van der Waals surface area contributed by atoms with E-state index in [0.717, 1.165) is 12.1 Å². The van der Waals surface area contributed by atoms with Gasteiger partial charge in [0.25, 0.3) is 0 Å². The van der Waals surface area contributed by atoms with Crippen LogP contribution in [0.5, 0.6) is 5.75 Å². The summed E-state index contributed by atoms with van der Waals surface area (Å²) in [4.78, 5) is 24.2. The number of carbonyl (C=O) groups is 2. The molecule has 6 heteroatoms. The molecule has 126 valence electrons. The second-order valence-electron chi connectivity index (χ2n) is 5.06. The second-order valence-corrected chi connectivity index (χ2v) is 5.47. The van der Waals surface area contributed by atoms with Gasteiger partial charge in [0.15, 0.2) is 5.78 Å². The Labute approximate surface area is 143 Å². The Morgan fingerprint density at radius 2 is 1.88 bits per heavy atom. The number of esters is 1. The van der Waals surface area contributed by atoms with Crippen molar-refractivity contribution in [3.8, 4) is 5.75 Å². The Balaban J connectivity index is 2.43. The first-order valence-electron chi connectivity index (χ1n) is 7.41. The number of aromatic hydroxyl groups is 1. The van der Waals surface area contributed by atoms with E-state index < -0.39 is 23.3 Å². The van der Waals surface area contributed by atoms with E-state index in [2.05, 4.69) is 0 Å². The summed E-state index contributed by atoms with van der Waals surface area (Å²) in [6.45, 7) is 3.61. The molecule has 0 amide bonds. The summed E-state index contributed by atoms with van der Waals surface area (Å²) in [6.07, 6.45) is 0.501. The zero-order valence-corrected chi connectivity index (χ0v) is 14.0. The zero-order valence-electron chi connectivity index (χ0n) is 13.2. The Hall–Kier alpha value is -2.40. The van der Waals surface area contributed by atoms with E-state index in [1.165, 1.54) is 18.2 Å². The monoisotopic (exact) mass is 350 g/mol. The van der Waals surface area contributed by atoms with E-state index >= 15 is 0 Å². The Morgan fingerprint density at radius 1 is 1.17 bits per heavy atom. The van der Waals surface area contributed by atoms with Crippen LogP contribution in [0, 0.1) is 5.82 Å². The van der Waals surface area contributed by atoms with Crippen LogP contribution in [-0.4, -0.2) is 23.5 Å². The molecule has 0 heterocycles. The quantitative estimate of drug-likeness (QED) is 0.649. The molecule has 1 N–H and O–H groups in total. The van der Waals surface area contributed by atoms with Crippen molar-refractivity contribution in [3.63, 3.8) is 0 Å². The standard InChI is InChI=1S/C18H16ClFO4/c1-3-10-5-6-11(8-14(10)20)17(22)16-13(19)7-12(9-15(16)21)18(23)24-4-2/h5-9,21H,3-4H2,1-2H3. The van der Waals surface area contributed by atoms with Gasteiger partial charge < -0.3 is 9.84 Å². The Kier molecular flexibility index (Phi) is 5.57. The van der Waals surface area contributed by atoms with Crippen LogP contribution in [0.2, 0.25) is 5.02 Å². The minimum absolute atomic E-state index is 0.0309. The number of aryl methyl sites for hydroxylation is 1. The largest absolute Gasteiger partial charge is 0.507 e. The number of hydrogen-bond acceptors (Lipinski definition) is 4. The number of phenols is 1. The Bertz CT molecular complexity index is 779. The molecule has 0 aliphatic carbocycles. The van der Waals surface area contributed by atoms with Crippen LogP contribution in [0.3, 0.4) is 0 Å². The van der Waals surface area contributed by atoms with Gasteiger partial charge in [0, 0.05) is 5.56 Å². The maximum atomic E-state index is 13.9. The molecule has 0 fully saturated rings. The molecule has 2 rings (SSSR count). The van der Waals surface area contributed by atoms with Crippen molar-refractivity contribution in [2.75, 3.05) is 6.61 Å². The predicted molar refractivity (Wildman–Crippen MR) is 88.3 cm³/mol. The van der Waals surface area contributed by atoms with E-state index in [0.29, 0.717) is 12.0 Å². The van der Waals surface area contributed by atoms with Crippen molar-refractivity contribution in [1.29, 1.82) is 0 Å². The topological polar surface area (TPSA) is 63.6 Å². The molecular formula is C18H16ClFO4. The molecule has 0 aliphatic rings. The molecule has 0 unspecified atom stereocenters. The van der Waals surface area contributed by atoms with Gasteiger partial charge in [-0.3, -0.25) is 4.79 Å². The first-order valence-corrected chi connectivity index (χ1v) is 7.79. The lowest BCUT2D eigenvalue weighted by molar-refractivity contribution is 0.0525. The van der Waals surface area contributed by atoms with Gasteiger partial charge in [-0.1, -0.05) is 30.7 Å². The highest BCUT2D eigenvalue weighted by molar-refractivity contribution is 6.35. The fraction of sp³-hybridized carbons (Fsp3) is 0.222. The number of halogens is 2. The summed E-state index contributed by atoms with van der Waals surface area (Å²) >= 11 is 6.04. The summed E-state index contributed by atoms with van der Waals surface area (Å²) < 4.78 is 18.7. The summed E-state index contributed by atoms with van der Waals surface area (Å²) in [5.41, 5.74) is 0.391. The summed E-state index contributed by atoms with van der Waals surface area (Å²) in [5.74, 6) is -2.25. The van der Waals surface area contributed by atoms with Gasteiger partial charge in [0.2, 0.25) is 0 Å². The van der Waals surface area contributed by atoms with E-state index in [9.17, 15) is 19.1 Å². The maximum Gasteiger partial charge on any atom is 0.338 e. The molecule has 0 spiro atoms. The summed E-state index contributed by atoms with van der Waals surface area (Å²) in [6, 6.07) is 6.44. The van der Waals surface area contributed by atoms with Crippen molar-refractivity contribution < 1.29 is 23.8 Å². The van der Waals surface area contributed by atoms with Gasteiger partial charge in [0.05, 0.1) is 22.8 Å². The molecule has 4 nitrogen and oxygen atoms in total. The molecule has 0 aromatic heterocycles. The van der Waals surface area contributed by atoms with Crippen molar-refractivity contribution in [1.82, 2.24) is 0 Å². The molecule has 0 saturated heterocycles. The molecule has 0 radical (unpaired) electrons. The number of benzene rings is 2. The van der Waals surface area contributed by atoms with Crippen LogP contribution < -0.4 is 0 Å². The minimum Gasteiger partial charge on any atom is -0.507 e. The van der Waals surface area contributed by atoms with Crippen molar-refractivity contribution in [2.45, 2.75) is 20.3 Å². The normalized spacial score (nSPS) is 10.5. The molecule has 24 heavy (non-hydrogen) atoms. The van der Waals surface area contributed by atoms with Crippen molar-refractivity contribution in [3.05, 3.63) is 63.4 Å². The minimum atomic E-state index is -0.660. The summed E-state index contributed by atoms with van der Waals surface area (Å²) in [7, 11) is 0. The number of hydrogen-bond donors (Lipinski definition) is 1. The lowest BCUT2D eigenvalue weighted by atomic mass is 9.99. The van der Waals surface area contributed by atoms with Gasteiger partial charge in [-0.2, -0.15) is 0 Å². The lowest BCUT2D eigenvalue weighted by Gasteiger charge is -2.10. The summed E-state index contributed by atoms with van der Waals surface area (Å²) in [5, 5.41) is 9.98. The van der Waals surface area contributed by atoms with E-state index in [1.54, 1.807) is 13.8 Å². The fourth-order valence-electron chi connectivity index (χ4n) is 2.27. The second kappa shape index (κ2) is 7.45. The third-order valence-corrected chi connectivity index (χ3v) is 3.80. The van der Waals surface area contributed by atoms with Gasteiger partial charge >= 0.3 is 5.97 Å². The highest BCUT2D eigenvalue weighted by Gasteiger charge is 2.21. The zero-order chi connectivity index (χ0) is 17.9.